The van der Waals surface area contributed by atoms with Crippen molar-refractivity contribution in [1.82, 2.24) is 9.88 Å². The average molecular weight is 245 g/mol. The van der Waals surface area contributed by atoms with Crippen molar-refractivity contribution < 1.29 is 0 Å². The summed E-state index contributed by atoms with van der Waals surface area (Å²) in [5, 5.41) is 0. The molecule has 0 aliphatic heterocycles. The molecular formula is C15H23N3. The molecule has 3 nitrogen and oxygen atoms in total. The van der Waals surface area contributed by atoms with Gasteiger partial charge < -0.3 is 5.73 Å². The minimum Gasteiger partial charge on any atom is -0.324 e. The summed E-state index contributed by atoms with van der Waals surface area (Å²) >= 11 is 0. The van der Waals surface area contributed by atoms with E-state index in [-0.39, 0.29) is 6.04 Å². The zero-order valence-electron chi connectivity index (χ0n) is 11.3. The Hall–Kier alpha value is -1.19. The molecule has 0 bridgehead atoms. The molecule has 1 heterocycles. The van der Waals surface area contributed by atoms with E-state index in [1.165, 1.54) is 0 Å². The Morgan fingerprint density at radius 2 is 2.22 bits per heavy atom. The fourth-order valence-corrected chi connectivity index (χ4v) is 2.50. The van der Waals surface area contributed by atoms with Crippen molar-refractivity contribution >= 4 is 0 Å². The normalized spacial score (nSPS) is 22.9. The third kappa shape index (κ3) is 3.65. The van der Waals surface area contributed by atoms with Gasteiger partial charge >= 0.3 is 0 Å². The highest BCUT2D eigenvalue weighted by Crippen LogP contribution is 2.18. The maximum absolute atomic E-state index is 5.90. The molecular weight excluding hydrogens is 222 g/mol. The van der Waals surface area contributed by atoms with Crippen molar-refractivity contribution in [3.8, 4) is 0 Å². The van der Waals surface area contributed by atoms with Crippen LogP contribution in [0.3, 0.4) is 0 Å². The number of rotatable bonds is 5. The summed E-state index contributed by atoms with van der Waals surface area (Å²) in [5.74, 6) is 0.602. The van der Waals surface area contributed by atoms with Crippen LogP contribution in [0.4, 0.5) is 0 Å². The molecule has 1 aromatic rings. The van der Waals surface area contributed by atoms with Gasteiger partial charge in [-0.2, -0.15) is 0 Å². The first-order chi connectivity index (χ1) is 8.67. The molecule has 2 N–H and O–H groups in total. The van der Waals surface area contributed by atoms with Crippen LogP contribution >= 0.6 is 0 Å². The Morgan fingerprint density at radius 1 is 1.39 bits per heavy atom. The minimum absolute atomic E-state index is 0.255. The molecule has 18 heavy (non-hydrogen) atoms. The van der Waals surface area contributed by atoms with Gasteiger partial charge in [-0.3, -0.25) is 9.88 Å². The highest BCUT2D eigenvalue weighted by atomic mass is 15.1. The Kier molecular flexibility index (Phi) is 4.50. The summed E-state index contributed by atoms with van der Waals surface area (Å²) in [5.41, 5.74) is 8.14. The van der Waals surface area contributed by atoms with Gasteiger partial charge in [0.15, 0.2) is 0 Å². The first-order valence-corrected chi connectivity index (χ1v) is 6.76. The minimum atomic E-state index is 0.255. The van der Waals surface area contributed by atoms with E-state index in [4.69, 9.17) is 5.73 Å². The number of hydrogen-bond acceptors (Lipinski definition) is 3. The van der Waals surface area contributed by atoms with Crippen LogP contribution in [-0.2, 0) is 6.54 Å². The zero-order valence-corrected chi connectivity index (χ0v) is 11.3. The molecule has 0 amide bonds. The van der Waals surface area contributed by atoms with Crippen LogP contribution < -0.4 is 5.73 Å². The lowest BCUT2D eigenvalue weighted by molar-refractivity contribution is 0.246. The summed E-state index contributed by atoms with van der Waals surface area (Å²) in [6.45, 7) is 7.30. The van der Waals surface area contributed by atoms with Crippen molar-refractivity contribution in [2.75, 3.05) is 13.1 Å². The number of hydrogen-bond donors (Lipinski definition) is 1. The Bertz CT molecular complexity index is 414. The molecule has 2 rings (SSSR count). The number of aromatic nitrogens is 1. The summed E-state index contributed by atoms with van der Waals surface area (Å²) in [4.78, 5) is 7.01. The molecule has 2 atom stereocenters. The monoisotopic (exact) mass is 245 g/mol. The predicted molar refractivity (Wildman–Crippen MR) is 75.1 cm³/mol. The Morgan fingerprint density at radius 3 is 2.83 bits per heavy atom. The lowest BCUT2D eigenvalue weighted by atomic mass is 10.1. The van der Waals surface area contributed by atoms with Gasteiger partial charge in [0.2, 0.25) is 0 Å². The van der Waals surface area contributed by atoms with E-state index >= 15 is 0 Å². The van der Waals surface area contributed by atoms with Crippen LogP contribution in [-0.4, -0.2) is 29.0 Å². The summed E-state index contributed by atoms with van der Waals surface area (Å²) in [7, 11) is 0. The molecule has 98 valence electrons. The standard InChI is InChI=1S/C15H23N3/c1-3-18(10-13-7-8-14(16)9-13)11-15-6-4-5-12(2)17-15/h4-8,13-14H,3,9-11,16H2,1-2H3. The van der Waals surface area contributed by atoms with Crippen molar-refractivity contribution in [3.63, 3.8) is 0 Å². The van der Waals surface area contributed by atoms with Gasteiger partial charge in [-0.15, -0.1) is 0 Å². The summed E-state index contributed by atoms with van der Waals surface area (Å²) < 4.78 is 0. The highest BCUT2D eigenvalue weighted by Gasteiger charge is 2.18. The van der Waals surface area contributed by atoms with Crippen LogP contribution in [0.2, 0.25) is 0 Å². The van der Waals surface area contributed by atoms with Crippen LogP contribution in [0.5, 0.6) is 0 Å². The van der Waals surface area contributed by atoms with Gasteiger partial charge in [-0.05, 0) is 37.9 Å². The van der Waals surface area contributed by atoms with Gasteiger partial charge in [0, 0.05) is 24.8 Å². The second kappa shape index (κ2) is 6.12. The smallest absolute Gasteiger partial charge is 0.0547 e. The van der Waals surface area contributed by atoms with Crippen LogP contribution in [0.25, 0.3) is 0 Å². The number of nitrogens with zero attached hydrogens (tertiary/aromatic N) is 2. The van der Waals surface area contributed by atoms with Crippen molar-refractivity contribution in [3.05, 3.63) is 41.7 Å². The molecule has 0 spiro atoms. The lowest BCUT2D eigenvalue weighted by Crippen LogP contribution is -2.29. The zero-order chi connectivity index (χ0) is 13.0. The third-order valence-electron chi connectivity index (χ3n) is 3.48. The maximum atomic E-state index is 5.90. The third-order valence-corrected chi connectivity index (χ3v) is 3.48. The Labute approximate surface area is 110 Å². The molecule has 0 fully saturated rings. The quantitative estimate of drug-likeness (QED) is 0.808. The van der Waals surface area contributed by atoms with E-state index in [2.05, 4.69) is 41.1 Å². The van der Waals surface area contributed by atoms with Gasteiger partial charge in [-0.25, -0.2) is 0 Å². The van der Waals surface area contributed by atoms with E-state index in [0.717, 1.165) is 37.4 Å². The molecule has 1 aliphatic carbocycles. The van der Waals surface area contributed by atoms with Crippen LogP contribution in [0.1, 0.15) is 24.7 Å². The predicted octanol–water partition coefficient (Wildman–Crippen LogP) is 2.12. The van der Waals surface area contributed by atoms with Gasteiger partial charge in [0.05, 0.1) is 5.69 Å². The van der Waals surface area contributed by atoms with Crippen LogP contribution in [0.15, 0.2) is 30.4 Å². The number of aryl methyl sites for hydroxylation is 1. The molecule has 2 unspecified atom stereocenters. The van der Waals surface area contributed by atoms with Gasteiger partial charge in [0.25, 0.3) is 0 Å². The lowest BCUT2D eigenvalue weighted by Gasteiger charge is -2.23. The first-order valence-electron chi connectivity index (χ1n) is 6.76. The highest BCUT2D eigenvalue weighted by molar-refractivity contribution is 5.10. The van der Waals surface area contributed by atoms with E-state index in [9.17, 15) is 0 Å². The molecule has 1 aromatic heterocycles. The average Bonchev–Trinajstić information content (AvgIpc) is 2.74. The van der Waals surface area contributed by atoms with E-state index in [1.807, 2.05) is 13.0 Å². The molecule has 1 aliphatic rings. The second-order valence-electron chi connectivity index (χ2n) is 5.14. The summed E-state index contributed by atoms with van der Waals surface area (Å²) in [6, 6.07) is 6.48. The SMILES string of the molecule is CCN(Cc1cccc(C)n1)CC1C=CC(N)C1. The van der Waals surface area contributed by atoms with Crippen molar-refractivity contribution in [2.24, 2.45) is 11.7 Å². The molecule has 0 saturated carbocycles. The van der Waals surface area contributed by atoms with Gasteiger partial charge in [0.1, 0.15) is 0 Å². The number of nitrogens with two attached hydrogens (primary N) is 1. The second-order valence-corrected chi connectivity index (χ2v) is 5.14. The first kappa shape index (κ1) is 13.2. The molecule has 0 aromatic carbocycles. The Balaban J connectivity index is 1.91. The number of pyridine rings is 1. The fraction of sp³-hybridized carbons (Fsp3) is 0.533. The fourth-order valence-electron chi connectivity index (χ4n) is 2.50. The summed E-state index contributed by atoms with van der Waals surface area (Å²) in [6.07, 6.45) is 5.47. The van der Waals surface area contributed by atoms with E-state index < -0.39 is 0 Å². The maximum Gasteiger partial charge on any atom is 0.0547 e. The molecule has 0 radical (unpaired) electrons. The topological polar surface area (TPSA) is 42.2 Å². The molecule has 0 saturated heterocycles. The van der Waals surface area contributed by atoms with Crippen molar-refractivity contribution in [2.45, 2.75) is 32.9 Å². The van der Waals surface area contributed by atoms with Gasteiger partial charge in [-0.1, -0.05) is 25.1 Å². The largest absolute Gasteiger partial charge is 0.324 e. The van der Waals surface area contributed by atoms with Crippen LogP contribution in [0, 0.1) is 12.8 Å². The van der Waals surface area contributed by atoms with E-state index in [0.29, 0.717) is 5.92 Å². The van der Waals surface area contributed by atoms with Crippen molar-refractivity contribution in [1.29, 1.82) is 0 Å². The molecule has 3 heteroatoms. The van der Waals surface area contributed by atoms with E-state index in [1.54, 1.807) is 0 Å².